The number of aliphatic carboxylic acids is 1. The molecule has 0 aliphatic carbocycles. The Morgan fingerprint density at radius 2 is 2.19 bits per heavy atom. The lowest BCUT2D eigenvalue weighted by Gasteiger charge is -2.35. The zero-order valence-electron chi connectivity index (χ0n) is 12.3. The Kier molecular flexibility index (Phi) is 5.07. The van der Waals surface area contributed by atoms with Gasteiger partial charge in [-0.05, 0) is 20.8 Å². The Balaban J connectivity index is 2.56. The molecular formula is C13H19N3O5. The minimum Gasteiger partial charge on any atom is -0.477 e. The van der Waals surface area contributed by atoms with Crippen molar-refractivity contribution in [3.05, 3.63) is 12.7 Å². The van der Waals surface area contributed by atoms with E-state index in [1.54, 1.807) is 20.8 Å². The first kappa shape index (κ1) is 16.7. The highest BCUT2D eigenvalue weighted by Gasteiger charge is 2.39. The van der Waals surface area contributed by atoms with E-state index >= 15 is 0 Å². The summed E-state index contributed by atoms with van der Waals surface area (Å²) < 4.78 is 5.02. The van der Waals surface area contributed by atoms with Gasteiger partial charge in [-0.1, -0.05) is 6.08 Å². The molecule has 1 rings (SSSR count). The van der Waals surface area contributed by atoms with E-state index in [4.69, 9.17) is 9.84 Å². The van der Waals surface area contributed by atoms with Crippen molar-refractivity contribution >= 4 is 23.7 Å². The second-order valence-corrected chi connectivity index (χ2v) is 5.46. The van der Waals surface area contributed by atoms with Gasteiger partial charge in [0.05, 0.1) is 6.54 Å². The molecule has 2 amide bonds. The number of hydrogen-bond acceptors (Lipinski definition) is 5. The molecule has 0 aromatic carbocycles. The highest BCUT2D eigenvalue weighted by atomic mass is 16.6. The highest BCUT2D eigenvalue weighted by molar-refractivity contribution is 6.36. The van der Waals surface area contributed by atoms with E-state index in [0.717, 1.165) is 5.01 Å². The average molecular weight is 297 g/mol. The number of alkyl carbamates (subject to hydrolysis) is 1. The lowest BCUT2D eigenvalue weighted by Crippen LogP contribution is -2.62. The van der Waals surface area contributed by atoms with Gasteiger partial charge in [0, 0.05) is 6.42 Å². The first-order chi connectivity index (χ1) is 9.64. The molecule has 1 atom stereocenters. The number of ether oxygens (including phenoxy) is 1. The summed E-state index contributed by atoms with van der Waals surface area (Å²) in [7, 11) is 0. The van der Waals surface area contributed by atoms with Gasteiger partial charge in [0.15, 0.2) is 0 Å². The van der Waals surface area contributed by atoms with Crippen molar-refractivity contribution in [1.29, 1.82) is 0 Å². The number of carbonyl (C=O) groups excluding carboxylic acids is 2. The second-order valence-electron chi connectivity index (χ2n) is 5.46. The van der Waals surface area contributed by atoms with Gasteiger partial charge in [0.2, 0.25) is 0 Å². The molecule has 1 aliphatic rings. The summed E-state index contributed by atoms with van der Waals surface area (Å²) in [5.74, 6) is -1.70. The number of carboxylic acid groups (broad SMARTS) is 1. The van der Waals surface area contributed by atoms with Crippen LogP contribution in [0.3, 0.4) is 0 Å². The minimum atomic E-state index is -1.22. The first-order valence-corrected chi connectivity index (χ1v) is 6.36. The van der Waals surface area contributed by atoms with Crippen LogP contribution in [0, 0.1) is 0 Å². The maximum Gasteiger partial charge on any atom is 0.408 e. The van der Waals surface area contributed by atoms with Gasteiger partial charge >= 0.3 is 12.1 Å². The Morgan fingerprint density at radius 3 is 2.62 bits per heavy atom. The number of amides is 2. The normalized spacial score (nSPS) is 18.8. The fourth-order valence-electron chi connectivity index (χ4n) is 1.51. The van der Waals surface area contributed by atoms with Crippen LogP contribution in [0.5, 0.6) is 0 Å². The summed E-state index contributed by atoms with van der Waals surface area (Å²) in [5.41, 5.74) is -0.844. The number of carboxylic acids is 1. The van der Waals surface area contributed by atoms with Crippen molar-refractivity contribution in [2.45, 2.75) is 38.8 Å². The van der Waals surface area contributed by atoms with Crippen LogP contribution < -0.4 is 5.32 Å². The van der Waals surface area contributed by atoms with E-state index in [0.29, 0.717) is 0 Å². The highest BCUT2D eigenvalue weighted by Crippen LogP contribution is 2.13. The van der Waals surface area contributed by atoms with Crippen LogP contribution in [-0.4, -0.2) is 52.0 Å². The van der Waals surface area contributed by atoms with Crippen LogP contribution >= 0.6 is 0 Å². The number of hydrogen-bond donors (Lipinski definition) is 2. The summed E-state index contributed by atoms with van der Waals surface area (Å²) in [5, 5.41) is 16.0. The largest absolute Gasteiger partial charge is 0.477 e. The van der Waals surface area contributed by atoms with Gasteiger partial charge < -0.3 is 15.2 Å². The van der Waals surface area contributed by atoms with Gasteiger partial charge in [0.1, 0.15) is 17.4 Å². The minimum absolute atomic E-state index is 0.0449. The molecule has 0 unspecified atom stereocenters. The number of rotatable bonds is 5. The van der Waals surface area contributed by atoms with Crippen LogP contribution in [0.15, 0.2) is 17.8 Å². The zero-order valence-corrected chi connectivity index (χ0v) is 12.3. The fraction of sp³-hybridized carbons (Fsp3) is 0.538. The smallest absolute Gasteiger partial charge is 0.408 e. The van der Waals surface area contributed by atoms with Crippen molar-refractivity contribution in [2.24, 2.45) is 5.10 Å². The molecule has 0 saturated carbocycles. The van der Waals surface area contributed by atoms with Crippen LogP contribution in [0.25, 0.3) is 0 Å². The lowest BCUT2D eigenvalue weighted by molar-refractivity contribution is -0.143. The van der Waals surface area contributed by atoms with E-state index in [2.05, 4.69) is 17.0 Å². The van der Waals surface area contributed by atoms with E-state index < -0.39 is 29.6 Å². The number of allylic oxidation sites excluding steroid dienone is 1. The van der Waals surface area contributed by atoms with Gasteiger partial charge in [-0.25, -0.2) is 14.6 Å². The Morgan fingerprint density at radius 1 is 1.57 bits per heavy atom. The molecule has 0 aromatic heterocycles. The van der Waals surface area contributed by atoms with E-state index in [-0.39, 0.29) is 18.7 Å². The molecule has 0 bridgehead atoms. The summed E-state index contributed by atoms with van der Waals surface area (Å²) in [6, 6.07) is -0.748. The predicted octanol–water partition coefficient (Wildman–Crippen LogP) is 0.739. The Bertz CT molecular complexity index is 493. The van der Waals surface area contributed by atoms with Gasteiger partial charge in [-0.2, -0.15) is 5.10 Å². The van der Waals surface area contributed by atoms with Crippen molar-refractivity contribution < 1.29 is 24.2 Å². The number of carbonyl (C=O) groups is 3. The van der Waals surface area contributed by atoms with Crippen molar-refractivity contribution in [2.75, 3.05) is 6.54 Å². The van der Waals surface area contributed by atoms with Crippen LogP contribution in [0.4, 0.5) is 4.79 Å². The summed E-state index contributed by atoms with van der Waals surface area (Å²) >= 11 is 0. The van der Waals surface area contributed by atoms with Gasteiger partial charge in [-0.3, -0.25) is 4.79 Å². The molecule has 1 saturated heterocycles. The standard InChI is InChI=1S/C13H19N3O5/c1-5-6-8(11(18)19)15-16-7-9(10(16)17)14-12(20)21-13(2,3)4/h5,9H,1,6-7H2,2-4H3,(H,14,20)(H,18,19)/t9-/m0/s1. The van der Waals surface area contributed by atoms with Crippen LogP contribution in [0.1, 0.15) is 27.2 Å². The predicted molar refractivity (Wildman–Crippen MR) is 74.8 cm³/mol. The first-order valence-electron chi connectivity index (χ1n) is 6.36. The fourth-order valence-corrected chi connectivity index (χ4v) is 1.51. The summed E-state index contributed by atoms with van der Waals surface area (Å²) in [6.07, 6.45) is 0.728. The summed E-state index contributed by atoms with van der Waals surface area (Å²) in [6.45, 7) is 8.65. The lowest BCUT2D eigenvalue weighted by atomic mass is 10.1. The zero-order chi connectivity index (χ0) is 16.2. The molecule has 1 fully saturated rings. The van der Waals surface area contributed by atoms with Crippen molar-refractivity contribution in [1.82, 2.24) is 10.3 Å². The van der Waals surface area contributed by atoms with Crippen LogP contribution in [0.2, 0.25) is 0 Å². The molecule has 0 radical (unpaired) electrons. The summed E-state index contributed by atoms with van der Waals surface area (Å²) in [4.78, 5) is 34.1. The van der Waals surface area contributed by atoms with Crippen molar-refractivity contribution in [3.8, 4) is 0 Å². The number of nitrogens with zero attached hydrogens (tertiary/aromatic N) is 2. The molecule has 2 N–H and O–H groups in total. The third-order valence-corrected chi connectivity index (χ3v) is 2.42. The van der Waals surface area contributed by atoms with Gasteiger partial charge in [-0.15, -0.1) is 6.58 Å². The average Bonchev–Trinajstić information content (AvgIpc) is 2.33. The topological polar surface area (TPSA) is 108 Å². The van der Waals surface area contributed by atoms with E-state index in [9.17, 15) is 14.4 Å². The molecule has 0 spiro atoms. The molecule has 0 aromatic rings. The monoisotopic (exact) mass is 297 g/mol. The molecule has 1 heterocycles. The molecular weight excluding hydrogens is 278 g/mol. The third-order valence-electron chi connectivity index (χ3n) is 2.42. The molecule has 8 heteroatoms. The van der Waals surface area contributed by atoms with E-state index in [1.807, 2.05) is 0 Å². The Labute approximate surface area is 122 Å². The van der Waals surface area contributed by atoms with Gasteiger partial charge in [0.25, 0.3) is 5.91 Å². The number of nitrogens with one attached hydrogen (secondary N) is 1. The SMILES string of the molecule is C=CCC(=NN1C[C@H](NC(=O)OC(C)(C)C)C1=O)C(=O)O. The quantitative estimate of drug-likeness (QED) is 0.442. The number of hydrazone groups is 1. The molecule has 8 nitrogen and oxygen atoms in total. The molecule has 21 heavy (non-hydrogen) atoms. The molecule has 1 aliphatic heterocycles. The van der Waals surface area contributed by atoms with Crippen LogP contribution in [-0.2, 0) is 14.3 Å². The second kappa shape index (κ2) is 6.38. The van der Waals surface area contributed by atoms with E-state index in [1.165, 1.54) is 6.08 Å². The third kappa shape index (κ3) is 4.90. The van der Waals surface area contributed by atoms with Crippen molar-refractivity contribution in [3.63, 3.8) is 0 Å². The molecule has 116 valence electrons. The maximum absolute atomic E-state index is 11.8. The number of β-lactam (4-membered cyclic amide) rings is 1. The maximum atomic E-state index is 11.8. The Hall–Kier alpha value is -2.38.